The Bertz CT molecular complexity index is 194. The smallest absolute Gasteiger partial charge is 0.123 e. The third-order valence-electron chi connectivity index (χ3n) is 2.11. The van der Waals surface area contributed by atoms with Gasteiger partial charge in [0, 0.05) is 6.42 Å². The molecule has 1 aliphatic heterocycles. The van der Waals surface area contributed by atoms with Crippen molar-refractivity contribution >= 4 is 6.29 Å². The molecule has 1 aliphatic rings. The van der Waals surface area contributed by atoms with Gasteiger partial charge in [0.1, 0.15) is 6.29 Å². The lowest BCUT2D eigenvalue weighted by Crippen LogP contribution is -2.29. The SMILES string of the molecule is CC(O)(CC=O)C1=COCCC1. The van der Waals surface area contributed by atoms with Crippen LogP contribution in [0.4, 0.5) is 0 Å². The van der Waals surface area contributed by atoms with Crippen LogP contribution in [0.1, 0.15) is 26.2 Å². The van der Waals surface area contributed by atoms with Crippen LogP contribution in [0, 0.1) is 0 Å². The van der Waals surface area contributed by atoms with Crippen molar-refractivity contribution in [2.24, 2.45) is 0 Å². The molecule has 0 saturated carbocycles. The molecule has 68 valence electrons. The normalized spacial score (nSPS) is 22.0. The summed E-state index contributed by atoms with van der Waals surface area (Å²) >= 11 is 0. The second-order valence-corrected chi connectivity index (χ2v) is 3.26. The summed E-state index contributed by atoms with van der Waals surface area (Å²) in [5.41, 5.74) is -0.192. The Labute approximate surface area is 72.0 Å². The maximum absolute atomic E-state index is 10.2. The average molecular weight is 170 g/mol. The van der Waals surface area contributed by atoms with E-state index in [1.807, 2.05) is 0 Å². The maximum Gasteiger partial charge on any atom is 0.123 e. The highest BCUT2D eigenvalue weighted by Crippen LogP contribution is 2.26. The third-order valence-corrected chi connectivity index (χ3v) is 2.11. The van der Waals surface area contributed by atoms with Crippen LogP contribution >= 0.6 is 0 Å². The fourth-order valence-electron chi connectivity index (χ4n) is 1.25. The summed E-state index contributed by atoms with van der Waals surface area (Å²) in [4.78, 5) is 10.2. The molecule has 0 radical (unpaired) electrons. The van der Waals surface area contributed by atoms with Crippen molar-refractivity contribution in [2.45, 2.75) is 31.8 Å². The van der Waals surface area contributed by atoms with E-state index in [4.69, 9.17) is 4.74 Å². The fraction of sp³-hybridized carbons (Fsp3) is 0.667. The largest absolute Gasteiger partial charge is 0.501 e. The summed E-state index contributed by atoms with van der Waals surface area (Å²) in [5.74, 6) is 0. The van der Waals surface area contributed by atoms with Crippen molar-refractivity contribution in [1.29, 1.82) is 0 Å². The molecule has 0 aromatic heterocycles. The summed E-state index contributed by atoms with van der Waals surface area (Å²) in [6.45, 7) is 2.35. The first kappa shape index (κ1) is 9.26. The zero-order valence-corrected chi connectivity index (χ0v) is 7.25. The van der Waals surface area contributed by atoms with Crippen molar-refractivity contribution in [3.8, 4) is 0 Å². The summed E-state index contributed by atoms with van der Waals surface area (Å²) in [6, 6.07) is 0. The lowest BCUT2D eigenvalue weighted by atomic mass is 9.90. The second kappa shape index (κ2) is 3.72. The highest BCUT2D eigenvalue weighted by molar-refractivity contribution is 5.52. The van der Waals surface area contributed by atoms with Crippen molar-refractivity contribution < 1.29 is 14.6 Å². The molecular formula is C9H14O3. The van der Waals surface area contributed by atoms with Crippen molar-refractivity contribution in [2.75, 3.05) is 6.61 Å². The summed E-state index contributed by atoms with van der Waals surface area (Å²) < 4.78 is 5.08. The van der Waals surface area contributed by atoms with E-state index in [0.29, 0.717) is 6.61 Å². The number of aldehydes is 1. The summed E-state index contributed by atoms with van der Waals surface area (Å²) in [6.07, 6.45) is 4.19. The molecule has 1 rings (SSSR count). The quantitative estimate of drug-likeness (QED) is 0.643. The van der Waals surface area contributed by atoms with Crippen LogP contribution < -0.4 is 0 Å². The first-order valence-corrected chi connectivity index (χ1v) is 4.14. The summed E-state index contributed by atoms with van der Waals surface area (Å²) in [7, 11) is 0. The molecule has 1 unspecified atom stereocenters. The van der Waals surface area contributed by atoms with Crippen LogP contribution in [0.25, 0.3) is 0 Å². The molecule has 0 aliphatic carbocycles. The lowest BCUT2D eigenvalue weighted by molar-refractivity contribution is -0.110. The Morgan fingerprint density at radius 1 is 1.83 bits per heavy atom. The predicted octanol–water partition coefficient (Wildman–Crippen LogP) is 1.02. The minimum Gasteiger partial charge on any atom is -0.501 e. The number of rotatable bonds is 3. The monoisotopic (exact) mass is 170 g/mol. The molecule has 1 heterocycles. The van der Waals surface area contributed by atoms with Gasteiger partial charge < -0.3 is 14.6 Å². The molecule has 0 aromatic rings. The van der Waals surface area contributed by atoms with Gasteiger partial charge in [0.2, 0.25) is 0 Å². The number of aliphatic hydroxyl groups is 1. The van der Waals surface area contributed by atoms with Gasteiger partial charge in [0.05, 0.1) is 18.5 Å². The second-order valence-electron chi connectivity index (χ2n) is 3.26. The molecule has 0 spiro atoms. The Hall–Kier alpha value is -0.830. The van der Waals surface area contributed by atoms with Crippen LogP contribution in [0.2, 0.25) is 0 Å². The van der Waals surface area contributed by atoms with Gasteiger partial charge >= 0.3 is 0 Å². The lowest BCUT2D eigenvalue weighted by Gasteiger charge is -2.26. The van der Waals surface area contributed by atoms with E-state index < -0.39 is 5.60 Å². The van der Waals surface area contributed by atoms with Gasteiger partial charge in [0.15, 0.2) is 0 Å². The number of ether oxygens (including phenoxy) is 1. The Balaban J connectivity index is 2.65. The first-order valence-electron chi connectivity index (χ1n) is 4.14. The van der Waals surface area contributed by atoms with Gasteiger partial charge in [-0.3, -0.25) is 0 Å². The minimum atomic E-state index is -1.01. The topological polar surface area (TPSA) is 46.5 Å². The van der Waals surface area contributed by atoms with Crippen LogP contribution in [0.5, 0.6) is 0 Å². The molecule has 3 nitrogen and oxygen atoms in total. The van der Waals surface area contributed by atoms with Crippen molar-refractivity contribution in [3.63, 3.8) is 0 Å². The fourth-order valence-corrected chi connectivity index (χ4v) is 1.25. The van der Waals surface area contributed by atoms with E-state index in [9.17, 15) is 9.90 Å². The molecule has 3 heteroatoms. The van der Waals surface area contributed by atoms with Crippen molar-refractivity contribution in [1.82, 2.24) is 0 Å². The zero-order valence-electron chi connectivity index (χ0n) is 7.25. The van der Waals surface area contributed by atoms with E-state index in [2.05, 4.69) is 0 Å². The number of hydrogen-bond donors (Lipinski definition) is 1. The molecule has 0 amide bonds. The predicted molar refractivity (Wildman–Crippen MR) is 44.6 cm³/mol. The van der Waals surface area contributed by atoms with E-state index in [1.54, 1.807) is 13.2 Å². The first-order chi connectivity index (χ1) is 5.67. The van der Waals surface area contributed by atoms with Gasteiger partial charge in [0.25, 0.3) is 0 Å². The van der Waals surface area contributed by atoms with Gasteiger partial charge in [-0.2, -0.15) is 0 Å². The van der Waals surface area contributed by atoms with Gasteiger partial charge in [-0.25, -0.2) is 0 Å². The number of carbonyl (C=O) groups excluding carboxylic acids is 1. The van der Waals surface area contributed by atoms with Gasteiger partial charge in [-0.05, 0) is 25.3 Å². The average Bonchev–Trinajstić information content (AvgIpc) is 2.06. The van der Waals surface area contributed by atoms with Crippen LogP contribution in [-0.2, 0) is 9.53 Å². The molecule has 0 saturated heterocycles. The number of carbonyl (C=O) groups is 1. The van der Waals surface area contributed by atoms with E-state index in [1.165, 1.54) is 0 Å². The Morgan fingerprint density at radius 2 is 2.58 bits per heavy atom. The molecule has 1 N–H and O–H groups in total. The van der Waals surface area contributed by atoms with E-state index in [0.717, 1.165) is 24.7 Å². The molecule has 1 atom stereocenters. The molecule has 0 aromatic carbocycles. The molecular weight excluding hydrogens is 156 g/mol. The molecule has 0 fully saturated rings. The summed E-state index contributed by atoms with van der Waals surface area (Å²) in [5, 5.41) is 9.76. The highest BCUT2D eigenvalue weighted by atomic mass is 16.5. The van der Waals surface area contributed by atoms with Crippen LogP contribution in [0.3, 0.4) is 0 Å². The standard InChI is InChI=1S/C9H14O3/c1-9(11,4-5-10)8-3-2-6-12-7-8/h5,7,11H,2-4,6H2,1H3. The maximum atomic E-state index is 10.2. The van der Waals surface area contributed by atoms with E-state index >= 15 is 0 Å². The zero-order chi connectivity index (χ0) is 9.03. The third kappa shape index (κ3) is 2.08. The molecule has 0 bridgehead atoms. The number of hydrogen-bond acceptors (Lipinski definition) is 3. The van der Waals surface area contributed by atoms with Gasteiger partial charge in [-0.15, -0.1) is 0 Å². The van der Waals surface area contributed by atoms with Crippen molar-refractivity contribution in [3.05, 3.63) is 11.8 Å². The highest BCUT2D eigenvalue weighted by Gasteiger charge is 2.26. The Kier molecular flexibility index (Phi) is 2.87. The van der Waals surface area contributed by atoms with Gasteiger partial charge in [-0.1, -0.05) is 0 Å². The Morgan fingerprint density at radius 3 is 3.08 bits per heavy atom. The van der Waals surface area contributed by atoms with Crippen LogP contribution in [-0.4, -0.2) is 23.6 Å². The minimum absolute atomic E-state index is 0.141. The van der Waals surface area contributed by atoms with Crippen LogP contribution in [0.15, 0.2) is 11.8 Å². The van der Waals surface area contributed by atoms with E-state index in [-0.39, 0.29) is 6.42 Å². The molecule has 12 heavy (non-hydrogen) atoms.